The van der Waals surface area contributed by atoms with Crippen LogP contribution in [-0.4, -0.2) is 125 Å². The van der Waals surface area contributed by atoms with Crippen LogP contribution < -0.4 is 38.1 Å². The maximum Gasteiger partial charge on any atom is 0.322 e. The van der Waals surface area contributed by atoms with Crippen molar-refractivity contribution in [3.8, 4) is 11.1 Å². The van der Waals surface area contributed by atoms with Crippen LogP contribution in [0.5, 0.6) is 0 Å². The third kappa shape index (κ3) is 15.3. The van der Waals surface area contributed by atoms with E-state index in [-0.39, 0.29) is 32.4 Å². The minimum atomic E-state index is -1.50. The average molecular weight is 887 g/mol. The Labute approximate surface area is 373 Å². The Bertz CT molecular complexity index is 2020. The summed E-state index contributed by atoms with van der Waals surface area (Å²) in [6.07, 6.45) is -0.512. The first-order valence-corrected chi connectivity index (χ1v) is 21.5. The first-order valence-electron chi connectivity index (χ1n) is 21.5. The fourth-order valence-electron chi connectivity index (χ4n) is 7.20. The van der Waals surface area contributed by atoms with Gasteiger partial charge >= 0.3 is 5.97 Å². The molecule has 0 aromatic heterocycles. The number of aliphatic hydroxyl groups excluding tert-OH is 1. The quantitative estimate of drug-likeness (QED) is 0.0556. The minimum Gasteiger partial charge on any atom is -0.480 e. The predicted molar refractivity (Wildman–Crippen MR) is 238 cm³/mol. The number of carboxylic acids is 1. The number of carbonyl (C=O) groups excluding carboxylic acids is 6. The number of hydrogen-bond acceptors (Lipinski definition) is 11. The number of hydrogen-bond donors (Lipinski definition) is 9. The molecule has 1 heterocycles. The number of nitrogens with two attached hydrogens (primary N) is 2. The molecule has 0 radical (unpaired) electrons. The van der Waals surface area contributed by atoms with Crippen LogP contribution in [0.1, 0.15) is 64.0 Å². The summed E-state index contributed by atoms with van der Waals surface area (Å²) in [5.41, 5.74) is 15.6. The highest BCUT2D eigenvalue weighted by molar-refractivity contribution is 5.97. The molecule has 3 aromatic rings. The van der Waals surface area contributed by atoms with Gasteiger partial charge < -0.3 is 57.9 Å². The van der Waals surface area contributed by atoms with Crippen molar-refractivity contribution in [2.75, 3.05) is 19.6 Å². The summed E-state index contributed by atoms with van der Waals surface area (Å²) in [6, 6.07) is 19.2. The smallest absolute Gasteiger partial charge is 0.322 e. The summed E-state index contributed by atoms with van der Waals surface area (Å²) < 4.78 is 5.90. The Morgan fingerprint density at radius 2 is 1.38 bits per heavy atom. The molecule has 3 aromatic carbocycles. The van der Waals surface area contributed by atoms with Crippen molar-refractivity contribution in [1.29, 1.82) is 0 Å². The van der Waals surface area contributed by atoms with Crippen molar-refractivity contribution in [1.82, 2.24) is 31.5 Å². The van der Waals surface area contributed by atoms with E-state index in [1.807, 2.05) is 84.9 Å². The van der Waals surface area contributed by atoms with Crippen molar-refractivity contribution in [2.45, 2.75) is 114 Å². The zero-order valence-corrected chi connectivity index (χ0v) is 36.5. The van der Waals surface area contributed by atoms with E-state index >= 15 is 0 Å². The number of carboxylic acid groups (broad SMARTS) is 1. The van der Waals surface area contributed by atoms with E-state index in [0.717, 1.165) is 22.3 Å². The Morgan fingerprint density at radius 1 is 0.750 bits per heavy atom. The molecule has 6 amide bonds. The molecule has 0 unspecified atom stereocenters. The lowest BCUT2D eigenvalue weighted by molar-refractivity contribution is -0.144. The summed E-state index contributed by atoms with van der Waals surface area (Å²) in [5.74, 6) is -5.67. The number of ether oxygens (including phenoxy) is 1. The van der Waals surface area contributed by atoms with Crippen molar-refractivity contribution in [3.63, 3.8) is 0 Å². The summed E-state index contributed by atoms with van der Waals surface area (Å²) in [7, 11) is 0. The predicted octanol–water partition coefficient (Wildman–Crippen LogP) is 0.489. The SMILES string of the molecule is C[C@H](NC(=O)[C@@H](N)Cc1ccc(-c2ccccc2)cc1)C(=O)N[C@H](C(=O)N1CCC[C@H]1C(=O)N[C@@H](CCCCN)C(=O)N[C@H](C(=O)NCC(=O)O)[C@@H](C)OCc1ccccc1)[C@@H](C)O. The molecule has 1 aliphatic rings. The van der Waals surface area contributed by atoms with Gasteiger partial charge in [0.15, 0.2) is 0 Å². The molecule has 346 valence electrons. The molecule has 4 rings (SSSR count). The summed E-state index contributed by atoms with van der Waals surface area (Å²) in [5, 5.41) is 32.6. The van der Waals surface area contributed by atoms with E-state index in [1.165, 1.54) is 18.7 Å². The largest absolute Gasteiger partial charge is 0.480 e. The molecule has 1 aliphatic heterocycles. The van der Waals surface area contributed by atoms with Crippen LogP contribution >= 0.6 is 0 Å². The van der Waals surface area contributed by atoms with E-state index in [2.05, 4.69) is 26.6 Å². The molecule has 0 spiro atoms. The Morgan fingerprint density at radius 3 is 2.00 bits per heavy atom. The van der Waals surface area contributed by atoms with Gasteiger partial charge in [-0.05, 0) is 88.1 Å². The molecule has 64 heavy (non-hydrogen) atoms. The van der Waals surface area contributed by atoms with Crippen LogP contribution in [0.15, 0.2) is 84.9 Å². The first-order chi connectivity index (χ1) is 30.6. The van der Waals surface area contributed by atoms with Crippen LogP contribution in [0, 0.1) is 0 Å². The zero-order valence-electron chi connectivity index (χ0n) is 36.5. The van der Waals surface area contributed by atoms with Crippen molar-refractivity contribution in [3.05, 3.63) is 96.1 Å². The van der Waals surface area contributed by atoms with Crippen molar-refractivity contribution < 1.29 is 48.5 Å². The molecule has 0 bridgehead atoms. The number of nitrogens with zero attached hydrogens (tertiary/aromatic N) is 1. The number of nitrogens with one attached hydrogen (secondary N) is 5. The Kier molecular flexibility index (Phi) is 19.8. The zero-order chi connectivity index (χ0) is 46.8. The number of amides is 6. The second-order valence-corrected chi connectivity index (χ2v) is 16.0. The van der Waals surface area contributed by atoms with Crippen LogP contribution in [-0.2, 0) is 51.3 Å². The third-order valence-electron chi connectivity index (χ3n) is 10.9. The molecule has 8 atom stereocenters. The van der Waals surface area contributed by atoms with Gasteiger partial charge in [-0.3, -0.25) is 33.6 Å². The monoisotopic (exact) mass is 886 g/mol. The lowest BCUT2D eigenvalue weighted by Crippen LogP contribution is -2.61. The normalized spacial score (nSPS) is 16.8. The van der Waals surface area contributed by atoms with Gasteiger partial charge in [0, 0.05) is 6.54 Å². The molecular formula is C46H62N8O10. The molecular weight excluding hydrogens is 825 g/mol. The molecule has 1 saturated heterocycles. The first kappa shape index (κ1) is 50.4. The summed E-state index contributed by atoms with van der Waals surface area (Å²) in [6.45, 7) is 4.06. The highest BCUT2D eigenvalue weighted by Crippen LogP contribution is 2.22. The van der Waals surface area contributed by atoms with E-state index < -0.39 is 96.4 Å². The van der Waals surface area contributed by atoms with Gasteiger partial charge in [-0.1, -0.05) is 84.9 Å². The molecule has 18 nitrogen and oxygen atoms in total. The van der Waals surface area contributed by atoms with Gasteiger partial charge in [0.05, 0.1) is 24.9 Å². The lowest BCUT2D eigenvalue weighted by Gasteiger charge is -2.32. The van der Waals surface area contributed by atoms with Crippen molar-refractivity contribution >= 4 is 41.4 Å². The summed E-state index contributed by atoms with van der Waals surface area (Å²) in [4.78, 5) is 93.9. The number of carbonyl (C=O) groups is 7. The van der Waals surface area contributed by atoms with Gasteiger partial charge in [0.2, 0.25) is 35.4 Å². The average Bonchev–Trinajstić information content (AvgIpc) is 3.79. The molecule has 1 fully saturated rings. The maximum atomic E-state index is 14.0. The Balaban J connectivity index is 1.39. The number of unbranched alkanes of at least 4 members (excludes halogenated alkanes) is 1. The maximum absolute atomic E-state index is 14.0. The van der Waals surface area contributed by atoms with E-state index in [9.17, 15) is 38.7 Å². The van der Waals surface area contributed by atoms with Crippen LogP contribution in [0.4, 0.5) is 0 Å². The standard InChI is InChI=1S/C46H62N8O10/c1-28(50-42(59)35(48)25-31-19-21-34(22-20-31)33-15-8-5-9-16-33)41(58)52-39(29(2)55)46(63)54-24-12-18-37(54)44(61)51-36(17-10-11-23-47)43(60)53-40(45(62)49-26-38(56)57)30(3)64-27-32-13-6-4-7-14-32/h4-9,13-16,19-22,28-30,35-37,39-40,55H,10-12,17-18,23-27,47-48H2,1-3H3,(H,49,62)(H,50,59)(H,51,61)(H,52,58)(H,53,60)(H,56,57)/t28-,29+,30+,35-,36-,37-,39-,40-/m0/s1. The molecule has 18 heteroatoms. The van der Waals surface area contributed by atoms with Gasteiger partial charge in [-0.2, -0.15) is 0 Å². The number of aliphatic carboxylic acids is 1. The minimum absolute atomic E-state index is 0.0873. The molecule has 11 N–H and O–H groups in total. The second-order valence-electron chi connectivity index (χ2n) is 16.0. The number of rotatable bonds is 24. The van der Waals surface area contributed by atoms with Gasteiger partial charge in [-0.15, -0.1) is 0 Å². The molecule has 0 aliphatic carbocycles. The number of benzene rings is 3. The van der Waals surface area contributed by atoms with Crippen LogP contribution in [0.2, 0.25) is 0 Å². The van der Waals surface area contributed by atoms with E-state index in [4.69, 9.17) is 21.3 Å². The number of aliphatic hydroxyl groups is 1. The van der Waals surface area contributed by atoms with Gasteiger partial charge in [0.1, 0.15) is 36.8 Å². The van der Waals surface area contributed by atoms with Crippen LogP contribution in [0.3, 0.4) is 0 Å². The third-order valence-corrected chi connectivity index (χ3v) is 10.9. The van der Waals surface area contributed by atoms with Crippen LogP contribution in [0.25, 0.3) is 11.1 Å². The van der Waals surface area contributed by atoms with E-state index in [1.54, 1.807) is 6.92 Å². The van der Waals surface area contributed by atoms with E-state index in [0.29, 0.717) is 25.8 Å². The highest BCUT2D eigenvalue weighted by Gasteiger charge is 2.41. The fraction of sp³-hybridized carbons (Fsp3) is 0.457. The fourth-order valence-corrected chi connectivity index (χ4v) is 7.20. The van der Waals surface area contributed by atoms with Gasteiger partial charge in [0.25, 0.3) is 0 Å². The lowest BCUT2D eigenvalue weighted by atomic mass is 10.0. The molecule has 0 saturated carbocycles. The van der Waals surface area contributed by atoms with Crippen molar-refractivity contribution in [2.24, 2.45) is 11.5 Å². The highest BCUT2D eigenvalue weighted by atomic mass is 16.5. The Hall–Kier alpha value is -6.21. The number of likely N-dealkylation sites (tertiary alicyclic amines) is 1. The van der Waals surface area contributed by atoms with Gasteiger partial charge in [-0.25, -0.2) is 0 Å². The summed E-state index contributed by atoms with van der Waals surface area (Å²) >= 11 is 0. The second kappa shape index (κ2) is 25.2. The topological polar surface area (TPSA) is 285 Å².